The summed E-state index contributed by atoms with van der Waals surface area (Å²) < 4.78 is 0. The summed E-state index contributed by atoms with van der Waals surface area (Å²) in [7, 11) is 0. The second-order valence-corrected chi connectivity index (χ2v) is 7.49. The molecule has 1 aromatic carbocycles. The van der Waals surface area contributed by atoms with Gasteiger partial charge in [0.05, 0.1) is 6.54 Å². The number of rotatable bonds is 7. The predicted molar refractivity (Wildman–Crippen MR) is 102 cm³/mol. The van der Waals surface area contributed by atoms with Crippen LogP contribution in [-0.4, -0.2) is 49.1 Å². The summed E-state index contributed by atoms with van der Waals surface area (Å²) in [5, 5.41) is 8.44. The first-order chi connectivity index (χ1) is 12.7. The molecule has 3 amide bonds. The summed E-state index contributed by atoms with van der Waals surface area (Å²) in [6.45, 7) is 3.77. The lowest BCUT2D eigenvalue weighted by molar-refractivity contribution is -0.120. The van der Waals surface area contributed by atoms with Crippen LogP contribution in [0.15, 0.2) is 30.3 Å². The van der Waals surface area contributed by atoms with Crippen molar-refractivity contribution in [2.45, 2.75) is 44.7 Å². The van der Waals surface area contributed by atoms with Crippen LogP contribution in [0.3, 0.4) is 0 Å². The highest BCUT2D eigenvalue weighted by atomic mass is 16.2. The number of amides is 3. The first-order valence-electron chi connectivity index (χ1n) is 9.76. The molecule has 1 aliphatic carbocycles. The van der Waals surface area contributed by atoms with Gasteiger partial charge in [0.15, 0.2) is 0 Å². The van der Waals surface area contributed by atoms with Crippen molar-refractivity contribution < 1.29 is 9.59 Å². The molecule has 2 aliphatic rings. The molecular weight excluding hydrogens is 328 g/mol. The van der Waals surface area contributed by atoms with E-state index >= 15 is 0 Å². The van der Waals surface area contributed by atoms with Gasteiger partial charge in [-0.15, -0.1) is 0 Å². The Morgan fingerprint density at radius 3 is 2.62 bits per heavy atom. The van der Waals surface area contributed by atoms with E-state index in [-0.39, 0.29) is 18.5 Å². The van der Waals surface area contributed by atoms with Crippen molar-refractivity contribution in [2.24, 2.45) is 5.92 Å². The van der Waals surface area contributed by atoms with E-state index in [0.29, 0.717) is 18.5 Å². The monoisotopic (exact) mass is 358 g/mol. The molecule has 0 bridgehead atoms. The van der Waals surface area contributed by atoms with Gasteiger partial charge in [0.2, 0.25) is 5.91 Å². The van der Waals surface area contributed by atoms with Crippen LogP contribution in [0.25, 0.3) is 0 Å². The van der Waals surface area contributed by atoms with Crippen LogP contribution in [0.5, 0.6) is 0 Å². The molecule has 2 fully saturated rings. The third-order valence-electron chi connectivity index (χ3n) is 5.01. The Morgan fingerprint density at radius 2 is 1.85 bits per heavy atom. The van der Waals surface area contributed by atoms with E-state index in [4.69, 9.17) is 0 Å². The number of carbonyl (C=O) groups is 2. The summed E-state index contributed by atoms with van der Waals surface area (Å²) in [5.41, 5.74) is 1.33. The molecular formula is C20H30N4O2. The van der Waals surface area contributed by atoms with Gasteiger partial charge in [-0.3, -0.25) is 9.69 Å². The fourth-order valence-corrected chi connectivity index (χ4v) is 3.43. The summed E-state index contributed by atoms with van der Waals surface area (Å²) in [5.74, 6) is 0.346. The quantitative estimate of drug-likeness (QED) is 0.697. The van der Waals surface area contributed by atoms with Gasteiger partial charge in [0.25, 0.3) is 0 Å². The molecule has 0 spiro atoms. The van der Waals surface area contributed by atoms with Crippen molar-refractivity contribution in [2.75, 3.05) is 26.2 Å². The average molecular weight is 358 g/mol. The maximum atomic E-state index is 11.9. The average Bonchev–Trinajstić information content (AvgIpc) is 3.47. The molecule has 1 saturated carbocycles. The minimum absolute atomic E-state index is 0.0487. The van der Waals surface area contributed by atoms with Gasteiger partial charge in [-0.2, -0.15) is 0 Å². The predicted octanol–water partition coefficient (Wildman–Crippen LogP) is 1.87. The zero-order valence-corrected chi connectivity index (χ0v) is 15.4. The number of urea groups is 1. The van der Waals surface area contributed by atoms with Crippen LogP contribution in [0.4, 0.5) is 4.79 Å². The van der Waals surface area contributed by atoms with Gasteiger partial charge in [-0.1, -0.05) is 36.8 Å². The molecule has 1 aromatic rings. The van der Waals surface area contributed by atoms with Gasteiger partial charge in [0.1, 0.15) is 0 Å². The Kier molecular flexibility index (Phi) is 6.89. The SMILES string of the molecule is O=C(CNC(=O)NCC1CCCCN(Cc2ccccc2)C1)NC1CC1. The maximum Gasteiger partial charge on any atom is 0.315 e. The molecule has 0 aromatic heterocycles. The number of hydrogen-bond acceptors (Lipinski definition) is 3. The highest BCUT2D eigenvalue weighted by Gasteiger charge is 2.23. The molecule has 142 valence electrons. The van der Waals surface area contributed by atoms with Gasteiger partial charge >= 0.3 is 6.03 Å². The number of benzene rings is 1. The van der Waals surface area contributed by atoms with Gasteiger partial charge < -0.3 is 16.0 Å². The minimum Gasteiger partial charge on any atom is -0.352 e. The van der Waals surface area contributed by atoms with Gasteiger partial charge in [-0.05, 0) is 43.7 Å². The van der Waals surface area contributed by atoms with E-state index in [1.165, 1.54) is 18.4 Å². The normalized spacial score (nSPS) is 20.8. The first-order valence-corrected chi connectivity index (χ1v) is 9.76. The van der Waals surface area contributed by atoms with Gasteiger partial charge in [-0.25, -0.2) is 4.79 Å². The number of carbonyl (C=O) groups excluding carboxylic acids is 2. The molecule has 1 aliphatic heterocycles. The Balaban J connectivity index is 1.37. The Morgan fingerprint density at radius 1 is 1.04 bits per heavy atom. The molecule has 1 heterocycles. The van der Waals surface area contributed by atoms with Crippen LogP contribution >= 0.6 is 0 Å². The number of likely N-dealkylation sites (tertiary alicyclic amines) is 1. The third kappa shape index (κ3) is 6.67. The molecule has 6 heteroatoms. The van der Waals surface area contributed by atoms with Crippen LogP contribution in [0.2, 0.25) is 0 Å². The molecule has 26 heavy (non-hydrogen) atoms. The van der Waals surface area contributed by atoms with E-state index in [9.17, 15) is 9.59 Å². The second-order valence-electron chi connectivity index (χ2n) is 7.49. The Labute approximate surface area is 155 Å². The molecule has 6 nitrogen and oxygen atoms in total. The summed E-state index contributed by atoms with van der Waals surface area (Å²) >= 11 is 0. The topological polar surface area (TPSA) is 73.5 Å². The Bertz CT molecular complexity index is 589. The van der Waals surface area contributed by atoms with Crippen LogP contribution in [-0.2, 0) is 11.3 Å². The van der Waals surface area contributed by atoms with E-state index in [1.807, 2.05) is 6.07 Å². The molecule has 3 N–H and O–H groups in total. The van der Waals surface area contributed by atoms with Gasteiger partial charge in [0, 0.05) is 25.7 Å². The third-order valence-corrected chi connectivity index (χ3v) is 5.01. The number of nitrogens with zero attached hydrogens (tertiary/aromatic N) is 1. The fraction of sp³-hybridized carbons (Fsp3) is 0.600. The molecule has 0 radical (unpaired) electrons. The molecule has 1 unspecified atom stereocenters. The largest absolute Gasteiger partial charge is 0.352 e. The van der Waals surface area contributed by atoms with E-state index in [0.717, 1.165) is 38.9 Å². The number of hydrogen-bond donors (Lipinski definition) is 3. The summed E-state index contributed by atoms with van der Waals surface area (Å²) in [6.07, 6.45) is 5.64. The molecule has 1 saturated heterocycles. The first kappa shape index (κ1) is 18.7. The van der Waals surface area contributed by atoms with Crippen molar-refractivity contribution in [1.29, 1.82) is 0 Å². The second kappa shape index (κ2) is 9.57. The van der Waals surface area contributed by atoms with Crippen LogP contribution in [0, 0.1) is 5.92 Å². The fourth-order valence-electron chi connectivity index (χ4n) is 3.43. The maximum absolute atomic E-state index is 11.9. The summed E-state index contributed by atoms with van der Waals surface area (Å²) in [4.78, 5) is 26.0. The molecule has 1 atom stereocenters. The lowest BCUT2D eigenvalue weighted by Crippen LogP contribution is -2.44. The minimum atomic E-state index is -0.255. The number of nitrogens with one attached hydrogen (secondary N) is 3. The van der Waals surface area contributed by atoms with Crippen molar-refractivity contribution in [3.05, 3.63) is 35.9 Å². The van der Waals surface area contributed by atoms with Crippen molar-refractivity contribution in [3.8, 4) is 0 Å². The lowest BCUT2D eigenvalue weighted by Gasteiger charge is -2.24. The smallest absolute Gasteiger partial charge is 0.315 e. The van der Waals surface area contributed by atoms with E-state index < -0.39 is 0 Å². The highest BCUT2D eigenvalue weighted by molar-refractivity contribution is 5.84. The van der Waals surface area contributed by atoms with Crippen molar-refractivity contribution >= 4 is 11.9 Å². The molecule has 3 rings (SSSR count). The summed E-state index contributed by atoms with van der Waals surface area (Å²) in [6, 6.07) is 10.6. The lowest BCUT2D eigenvalue weighted by atomic mass is 10.0. The van der Waals surface area contributed by atoms with Crippen LogP contribution in [0.1, 0.15) is 37.7 Å². The van der Waals surface area contributed by atoms with Crippen molar-refractivity contribution in [3.63, 3.8) is 0 Å². The van der Waals surface area contributed by atoms with E-state index in [1.54, 1.807) is 0 Å². The van der Waals surface area contributed by atoms with Crippen LogP contribution < -0.4 is 16.0 Å². The Hall–Kier alpha value is -2.08. The van der Waals surface area contributed by atoms with Crippen molar-refractivity contribution in [1.82, 2.24) is 20.9 Å². The zero-order chi connectivity index (χ0) is 18.2. The van der Waals surface area contributed by atoms with E-state index in [2.05, 4.69) is 45.1 Å². The zero-order valence-electron chi connectivity index (χ0n) is 15.4. The standard InChI is InChI=1S/C20H30N4O2/c25-19(23-18-9-10-18)13-22-20(26)21-12-17-8-4-5-11-24(15-17)14-16-6-2-1-3-7-16/h1-3,6-7,17-18H,4-5,8-15H2,(H,23,25)(H2,21,22,26). The highest BCUT2D eigenvalue weighted by Crippen LogP contribution is 2.18.